The molecule has 0 rings (SSSR count). The lowest BCUT2D eigenvalue weighted by molar-refractivity contribution is -0.154. The van der Waals surface area contributed by atoms with Gasteiger partial charge in [-0.2, -0.15) is 0 Å². The van der Waals surface area contributed by atoms with E-state index in [1.54, 1.807) is 20.8 Å². The number of unbranched alkanes of at least 4 members (excludes halogenated alkanes) is 4. The Bertz CT molecular complexity index is 565. The maximum Gasteiger partial charge on any atom is 0.325 e. The second-order valence-electron chi connectivity index (χ2n) is 8.34. The van der Waals surface area contributed by atoms with E-state index in [-0.39, 0.29) is 12.5 Å². The van der Waals surface area contributed by atoms with Crippen LogP contribution in [-0.4, -0.2) is 24.0 Å². The summed E-state index contributed by atoms with van der Waals surface area (Å²) in [7, 11) is 0. The summed E-state index contributed by atoms with van der Waals surface area (Å²) in [6, 6.07) is 0. The number of carbonyl (C=O) groups excluding carboxylic acids is 2. The normalized spacial score (nSPS) is 12.5. The highest BCUT2D eigenvalue weighted by atomic mass is 16.6. The molecule has 0 atom stereocenters. The van der Waals surface area contributed by atoms with Gasteiger partial charge in [0, 0.05) is 6.42 Å². The Morgan fingerprint density at radius 2 is 1.27 bits per heavy atom. The Labute approximate surface area is 184 Å². The zero-order valence-corrected chi connectivity index (χ0v) is 19.6. The summed E-state index contributed by atoms with van der Waals surface area (Å²) < 4.78 is 5.15. The molecule has 0 aliphatic heterocycles. The molecular weight excluding hydrogens is 374 g/mol. The molecule has 0 aliphatic carbocycles. The van der Waals surface area contributed by atoms with Gasteiger partial charge in [0.2, 0.25) is 5.91 Å². The number of carbonyl (C=O) groups is 2. The third kappa shape index (κ3) is 22.2. The van der Waals surface area contributed by atoms with Gasteiger partial charge in [0.05, 0.1) is 0 Å². The van der Waals surface area contributed by atoms with Crippen LogP contribution in [0, 0.1) is 0 Å². The topological polar surface area (TPSA) is 55.4 Å². The molecule has 0 fully saturated rings. The molecule has 30 heavy (non-hydrogen) atoms. The molecule has 0 aromatic rings. The van der Waals surface area contributed by atoms with Crippen molar-refractivity contribution in [2.75, 3.05) is 6.54 Å². The van der Waals surface area contributed by atoms with Crippen molar-refractivity contribution in [1.82, 2.24) is 5.32 Å². The Morgan fingerprint density at radius 1 is 0.767 bits per heavy atom. The van der Waals surface area contributed by atoms with Crippen molar-refractivity contribution in [3.8, 4) is 0 Å². The van der Waals surface area contributed by atoms with Crippen molar-refractivity contribution in [2.24, 2.45) is 0 Å². The predicted octanol–water partition coefficient (Wildman–Crippen LogP) is 6.59. The Kier molecular flexibility index (Phi) is 17.6. The molecule has 0 unspecified atom stereocenters. The SMILES string of the molecule is CCCCC/C=C\C/C=C\C/C=C\C/C=C\CCCC(=O)NCC(=O)OC(C)(C)C. The molecule has 0 aromatic carbocycles. The van der Waals surface area contributed by atoms with Gasteiger partial charge in [0.1, 0.15) is 12.1 Å². The molecule has 1 N–H and O–H groups in total. The Balaban J connectivity index is 3.60. The van der Waals surface area contributed by atoms with Crippen molar-refractivity contribution >= 4 is 11.9 Å². The van der Waals surface area contributed by atoms with Gasteiger partial charge in [0.25, 0.3) is 0 Å². The average molecular weight is 418 g/mol. The number of rotatable bonds is 16. The lowest BCUT2D eigenvalue weighted by Gasteiger charge is -2.19. The first-order valence-electron chi connectivity index (χ1n) is 11.4. The van der Waals surface area contributed by atoms with Gasteiger partial charge < -0.3 is 10.1 Å². The van der Waals surface area contributed by atoms with Gasteiger partial charge in [-0.3, -0.25) is 9.59 Å². The molecule has 4 heteroatoms. The zero-order chi connectivity index (χ0) is 22.5. The summed E-state index contributed by atoms with van der Waals surface area (Å²) in [5.74, 6) is -0.520. The number of allylic oxidation sites excluding steroid dienone is 8. The van der Waals surface area contributed by atoms with E-state index in [0.29, 0.717) is 6.42 Å². The highest BCUT2D eigenvalue weighted by Gasteiger charge is 2.16. The van der Waals surface area contributed by atoms with Crippen molar-refractivity contribution < 1.29 is 14.3 Å². The highest BCUT2D eigenvalue weighted by molar-refractivity contribution is 5.81. The molecule has 0 aromatic heterocycles. The molecule has 0 saturated heterocycles. The second-order valence-corrected chi connectivity index (χ2v) is 8.34. The molecule has 0 aliphatic rings. The largest absolute Gasteiger partial charge is 0.459 e. The maximum absolute atomic E-state index is 11.7. The summed E-state index contributed by atoms with van der Waals surface area (Å²) in [5, 5.41) is 2.60. The number of hydrogen-bond acceptors (Lipinski definition) is 3. The van der Waals surface area contributed by atoms with Crippen molar-refractivity contribution in [3.05, 3.63) is 48.6 Å². The number of ether oxygens (including phenoxy) is 1. The van der Waals surface area contributed by atoms with E-state index in [1.165, 1.54) is 25.7 Å². The average Bonchev–Trinajstić information content (AvgIpc) is 2.67. The van der Waals surface area contributed by atoms with Crippen molar-refractivity contribution in [3.63, 3.8) is 0 Å². The summed E-state index contributed by atoms with van der Waals surface area (Å²) in [5.41, 5.74) is -0.526. The first-order chi connectivity index (χ1) is 14.3. The van der Waals surface area contributed by atoms with Crippen LogP contribution in [-0.2, 0) is 14.3 Å². The molecule has 0 bridgehead atoms. The van der Waals surface area contributed by atoms with E-state index in [4.69, 9.17) is 4.74 Å². The van der Waals surface area contributed by atoms with Gasteiger partial charge in [-0.15, -0.1) is 0 Å². The third-order valence-electron chi connectivity index (χ3n) is 4.08. The first-order valence-corrected chi connectivity index (χ1v) is 11.4. The molecule has 1 amide bonds. The number of nitrogens with one attached hydrogen (secondary N) is 1. The van der Waals surface area contributed by atoms with Gasteiger partial charge in [0.15, 0.2) is 0 Å². The van der Waals surface area contributed by atoms with E-state index < -0.39 is 11.6 Å². The maximum atomic E-state index is 11.7. The molecule has 4 nitrogen and oxygen atoms in total. The summed E-state index contributed by atoms with van der Waals surface area (Å²) in [6.45, 7) is 7.58. The predicted molar refractivity (Wildman–Crippen MR) is 127 cm³/mol. The molecule has 170 valence electrons. The summed E-state index contributed by atoms with van der Waals surface area (Å²) >= 11 is 0. The Hall–Kier alpha value is -2.10. The van der Waals surface area contributed by atoms with E-state index >= 15 is 0 Å². The summed E-state index contributed by atoms with van der Waals surface area (Å²) in [6.07, 6.45) is 27.6. The molecular formula is C26H43NO3. The van der Waals surface area contributed by atoms with Crippen LogP contribution >= 0.6 is 0 Å². The van der Waals surface area contributed by atoms with E-state index in [9.17, 15) is 9.59 Å². The van der Waals surface area contributed by atoms with E-state index in [1.807, 2.05) is 0 Å². The molecule has 0 saturated carbocycles. The standard InChI is InChI=1S/C26H43NO3/c1-5-6-7-8-9-10-11-12-13-14-15-16-17-18-19-20-21-22-24(28)27-23-25(29)30-26(2,3)4/h9-10,12-13,15-16,18-19H,5-8,11,14,17,20-23H2,1-4H3,(H,27,28)/b10-9-,13-12-,16-15-,19-18-. The lowest BCUT2D eigenvalue weighted by Crippen LogP contribution is -2.34. The van der Waals surface area contributed by atoms with Gasteiger partial charge >= 0.3 is 5.97 Å². The Morgan fingerprint density at radius 3 is 1.77 bits per heavy atom. The van der Waals surface area contributed by atoms with Crippen LogP contribution in [0.25, 0.3) is 0 Å². The van der Waals surface area contributed by atoms with Crippen LogP contribution in [0.2, 0.25) is 0 Å². The first kappa shape index (κ1) is 27.9. The minimum atomic E-state index is -0.526. The van der Waals surface area contributed by atoms with Crippen LogP contribution in [0.15, 0.2) is 48.6 Å². The van der Waals surface area contributed by atoms with Crippen LogP contribution in [0.3, 0.4) is 0 Å². The molecule has 0 radical (unpaired) electrons. The number of hydrogen-bond donors (Lipinski definition) is 1. The van der Waals surface area contributed by atoms with Gasteiger partial charge in [-0.1, -0.05) is 68.4 Å². The highest BCUT2D eigenvalue weighted by Crippen LogP contribution is 2.06. The van der Waals surface area contributed by atoms with Crippen LogP contribution < -0.4 is 5.32 Å². The van der Waals surface area contributed by atoms with Crippen LogP contribution in [0.5, 0.6) is 0 Å². The lowest BCUT2D eigenvalue weighted by atomic mass is 10.2. The zero-order valence-electron chi connectivity index (χ0n) is 19.6. The van der Waals surface area contributed by atoms with Crippen LogP contribution in [0.4, 0.5) is 0 Å². The summed E-state index contributed by atoms with van der Waals surface area (Å²) in [4.78, 5) is 23.2. The molecule has 0 spiro atoms. The van der Waals surface area contributed by atoms with Crippen molar-refractivity contribution in [1.29, 1.82) is 0 Å². The van der Waals surface area contributed by atoms with E-state index in [0.717, 1.165) is 32.1 Å². The monoisotopic (exact) mass is 417 g/mol. The van der Waals surface area contributed by atoms with Gasteiger partial charge in [-0.05, 0) is 65.7 Å². The fourth-order valence-electron chi connectivity index (χ4n) is 2.58. The minimum absolute atomic E-state index is 0.0690. The smallest absolute Gasteiger partial charge is 0.325 e. The quantitative estimate of drug-likeness (QED) is 0.175. The third-order valence-corrected chi connectivity index (χ3v) is 4.08. The molecule has 0 heterocycles. The number of amides is 1. The van der Waals surface area contributed by atoms with Crippen molar-refractivity contribution in [2.45, 2.75) is 97.5 Å². The second kappa shape index (κ2) is 18.9. The fourth-order valence-corrected chi connectivity index (χ4v) is 2.58. The number of esters is 1. The van der Waals surface area contributed by atoms with Crippen LogP contribution in [0.1, 0.15) is 91.9 Å². The van der Waals surface area contributed by atoms with Gasteiger partial charge in [-0.25, -0.2) is 0 Å². The fraction of sp³-hybridized carbons (Fsp3) is 0.615. The van der Waals surface area contributed by atoms with E-state index in [2.05, 4.69) is 60.8 Å². The minimum Gasteiger partial charge on any atom is -0.459 e.